The third-order valence-corrected chi connectivity index (χ3v) is 7.17. The maximum atomic E-state index is 13.3. The molecule has 0 radical (unpaired) electrons. The first-order chi connectivity index (χ1) is 24.0. The first-order valence-corrected chi connectivity index (χ1v) is 14.7. The average Bonchev–Trinajstić information content (AvgIpc) is 3.87. The summed E-state index contributed by atoms with van der Waals surface area (Å²) in [5.74, 6) is -5.63. The van der Waals surface area contributed by atoms with E-state index in [0.717, 1.165) is 24.5 Å². The van der Waals surface area contributed by atoms with Crippen molar-refractivity contribution >= 4 is 35.6 Å². The Balaban J connectivity index is 1.34. The van der Waals surface area contributed by atoms with Crippen LogP contribution in [0.4, 0.5) is 0 Å². The minimum atomic E-state index is -1.40. The van der Waals surface area contributed by atoms with E-state index in [9.17, 15) is 39.0 Å². The Morgan fingerprint density at radius 1 is 0.820 bits per heavy atom. The normalized spacial score (nSPS) is 13.4. The molecule has 3 aromatic heterocycles. The number of benzene rings is 1. The van der Waals surface area contributed by atoms with E-state index in [4.69, 9.17) is 18.7 Å². The van der Waals surface area contributed by atoms with Gasteiger partial charge in [0.05, 0.1) is 38.1 Å². The fourth-order valence-electron chi connectivity index (χ4n) is 4.70. The molecule has 5 rings (SSSR count). The van der Waals surface area contributed by atoms with Crippen LogP contribution in [0.2, 0.25) is 0 Å². The lowest BCUT2D eigenvalue weighted by Gasteiger charge is -2.16. The van der Waals surface area contributed by atoms with E-state index in [1.165, 1.54) is 12.1 Å². The molecule has 4 heterocycles. The number of amides is 4. The van der Waals surface area contributed by atoms with Gasteiger partial charge in [-0.15, -0.1) is 0 Å². The van der Waals surface area contributed by atoms with Gasteiger partial charge in [-0.1, -0.05) is 12.1 Å². The number of rotatable bonds is 15. The summed E-state index contributed by atoms with van der Waals surface area (Å²) in [6, 6.07) is 6.17. The van der Waals surface area contributed by atoms with Crippen molar-refractivity contribution in [2.75, 3.05) is 33.5 Å². The lowest BCUT2D eigenvalue weighted by Crippen LogP contribution is -2.34. The van der Waals surface area contributed by atoms with Gasteiger partial charge in [-0.2, -0.15) is 0 Å². The summed E-state index contributed by atoms with van der Waals surface area (Å²) in [5.41, 5.74) is -0.904. The Hall–Kier alpha value is -6.47. The molecule has 5 N–H and O–H groups in total. The molecule has 0 saturated heterocycles. The number of imide groups is 1. The second kappa shape index (κ2) is 15.2. The van der Waals surface area contributed by atoms with Crippen LogP contribution >= 0.6 is 0 Å². The molecule has 260 valence electrons. The number of carbonyl (C=O) groups is 6. The van der Waals surface area contributed by atoms with Gasteiger partial charge in [0, 0.05) is 18.7 Å². The number of fused-ring (bicyclic) bond motifs is 1. The van der Waals surface area contributed by atoms with Crippen molar-refractivity contribution in [3.63, 3.8) is 0 Å². The fraction of sp³-hybridized carbons (Fsp3) is 0.258. The van der Waals surface area contributed by atoms with E-state index >= 15 is 0 Å². The number of carbonyl (C=O) groups excluding carboxylic acids is 5. The number of carboxylic acid groups (broad SMARTS) is 1. The molecule has 19 nitrogen and oxygen atoms in total. The number of pyridine rings is 1. The maximum absolute atomic E-state index is 13.3. The molecular formula is C31H28N6O13. The Morgan fingerprint density at radius 3 is 1.82 bits per heavy atom. The monoisotopic (exact) mass is 692 g/mol. The minimum Gasteiger partial charge on any atom is -0.493 e. The highest BCUT2D eigenvalue weighted by molar-refractivity contribution is 6.21. The van der Waals surface area contributed by atoms with Crippen LogP contribution in [0.5, 0.6) is 5.75 Å². The van der Waals surface area contributed by atoms with Crippen LogP contribution in [0, 0.1) is 0 Å². The second-order valence-electron chi connectivity index (χ2n) is 10.4. The maximum Gasteiger partial charge on any atom is 0.360 e. The van der Waals surface area contributed by atoms with Crippen molar-refractivity contribution in [3.05, 3.63) is 94.6 Å². The van der Waals surface area contributed by atoms with E-state index in [0.29, 0.717) is 0 Å². The third kappa shape index (κ3) is 7.48. The zero-order valence-electron chi connectivity index (χ0n) is 26.0. The van der Waals surface area contributed by atoms with Gasteiger partial charge in [-0.05, 0) is 18.6 Å². The smallest absolute Gasteiger partial charge is 0.360 e. The van der Waals surface area contributed by atoms with Crippen molar-refractivity contribution in [2.45, 2.75) is 18.5 Å². The number of aromatic carboxylic acids is 1. The molecule has 50 heavy (non-hydrogen) atoms. The van der Waals surface area contributed by atoms with Crippen LogP contribution in [-0.2, 0) is 4.74 Å². The van der Waals surface area contributed by atoms with Gasteiger partial charge in [-0.3, -0.25) is 24.1 Å². The lowest BCUT2D eigenvalue weighted by atomic mass is 10.1. The summed E-state index contributed by atoms with van der Waals surface area (Å²) < 4.78 is 20.6. The van der Waals surface area contributed by atoms with Crippen molar-refractivity contribution < 1.29 is 62.4 Å². The lowest BCUT2D eigenvalue weighted by molar-refractivity contribution is 0.0590. The summed E-state index contributed by atoms with van der Waals surface area (Å²) in [6.07, 6.45) is 1.96. The molecule has 2 unspecified atom stereocenters. The van der Waals surface area contributed by atoms with Crippen molar-refractivity contribution in [3.8, 4) is 5.75 Å². The Morgan fingerprint density at radius 2 is 1.34 bits per heavy atom. The molecule has 0 aliphatic carbocycles. The van der Waals surface area contributed by atoms with Gasteiger partial charge < -0.3 is 44.3 Å². The molecule has 19 heteroatoms. The second-order valence-corrected chi connectivity index (χ2v) is 10.4. The summed E-state index contributed by atoms with van der Waals surface area (Å²) in [4.78, 5) is 87.7. The highest BCUT2D eigenvalue weighted by Crippen LogP contribution is 2.23. The summed E-state index contributed by atoms with van der Waals surface area (Å²) in [5, 5.41) is 33.7. The average molecular weight is 693 g/mol. The number of aliphatic hydroxyl groups excluding tert-OH is 2. The zero-order valence-corrected chi connectivity index (χ0v) is 26.0. The first kappa shape index (κ1) is 34.9. The number of nitrogens with one attached hydrogen (secondary N) is 2. The van der Waals surface area contributed by atoms with Gasteiger partial charge >= 0.3 is 11.9 Å². The summed E-state index contributed by atoms with van der Waals surface area (Å²) in [7, 11) is 1.13. The van der Waals surface area contributed by atoms with E-state index in [2.05, 4.69) is 30.3 Å². The minimum absolute atomic E-state index is 0.00661. The third-order valence-electron chi connectivity index (χ3n) is 7.17. The van der Waals surface area contributed by atoms with Crippen LogP contribution in [0.1, 0.15) is 93.0 Å². The van der Waals surface area contributed by atoms with Crippen molar-refractivity contribution in [2.24, 2.45) is 0 Å². The van der Waals surface area contributed by atoms with E-state index < -0.39 is 77.9 Å². The van der Waals surface area contributed by atoms with Crippen LogP contribution in [0.25, 0.3) is 0 Å². The fourth-order valence-corrected chi connectivity index (χ4v) is 4.70. The van der Waals surface area contributed by atoms with Crippen molar-refractivity contribution in [1.82, 2.24) is 30.5 Å². The quantitative estimate of drug-likeness (QED) is 0.0646. The number of methoxy groups -OCH3 is 1. The molecular weight excluding hydrogens is 664 g/mol. The number of aliphatic hydroxyl groups is 2. The van der Waals surface area contributed by atoms with Crippen LogP contribution in [0.3, 0.4) is 0 Å². The molecule has 1 aromatic carbocycles. The molecule has 4 aromatic rings. The molecule has 0 spiro atoms. The molecule has 0 saturated carbocycles. The largest absolute Gasteiger partial charge is 0.493 e. The van der Waals surface area contributed by atoms with Crippen LogP contribution in [0.15, 0.2) is 57.8 Å². The number of carboxylic acids is 1. The number of esters is 1. The standard InChI is InChI=1S/C31H28N6O13/c1-47-31(46)23-14-50-27(36-23)21(12-39)34-25(41)19-10-15(48-8-4-7-37-28(42)16-5-2-3-6-17(16)29(37)43)9-18(32-19)24(40)33-20(11-38)26-35-22(13-49-26)30(44)45/h2-3,5-6,9-10,13-14,20-21,38-39H,4,7-8,11-12H2,1H3,(H,33,40)(H,34,41)(H,44,45). The summed E-state index contributed by atoms with van der Waals surface area (Å²) >= 11 is 0. The van der Waals surface area contributed by atoms with E-state index in [1.54, 1.807) is 24.3 Å². The summed E-state index contributed by atoms with van der Waals surface area (Å²) in [6.45, 7) is -1.55. The van der Waals surface area contributed by atoms with E-state index in [1.807, 2.05) is 0 Å². The first-order valence-electron chi connectivity index (χ1n) is 14.7. The molecule has 4 amide bonds. The zero-order chi connectivity index (χ0) is 35.9. The SMILES string of the molecule is COC(=O)c1coc(C(CO)NC(=O)c2cc(OCCCN3C(=O)c4ccccc4C3=O)cc(C(=O)NC(CO)c3nc(C(=O)O)co3)n2)n1. The van der Waals surface area contributed by atoms with E-state index in [-0.39, 0.29) is 53.9 Å². The van der Waals surface area contributed by atoms with Gasteiger partial charge in [0.25, 0.3) is 23.6 Å². The van der Waals surface area contributed by atoms with Crippen LogP contribution in [-0.4, -0.2) is 104 Å². The highest BCUT2D eigenvalue weighted by atomic mass is 16.5. The number of oxazole rings is 2. The number of aromatic nitrogens is 3. The van der Waals surface area contributed by atoms with Gasteiger partial charge in [0.15, 0.2) is 11.4 Å². The Bertz CT molecular complexity index is 1920. The number of hydrogen-bond acceptors (Lipinski definition) is 15. The van der Waals surface area contributed by atoms with Gasteiger partial charge in [0.2, 0.25) is 11.8 Å². The van der Waals surface area contributed by atoms with Crippen molar-refractivity contribution in [1.29, 1.82) is 0 Å². The predicted octanol–water partition coefficient (Wildman–Crippen LogP) is 0.534. The van der Waals surface area contributed by atoms with Gasteiger partial charge in [-0.25, -0.2) is 24.5 Å². The van der Waals surface area contributed by atoms with Gasteiger partial charge in [0.1, 0.15) is 41.7 Å². The van der Waals surface area contributed by atoms with Crippen LogP contribution < -0.4 is 15.4 Å². The molecule has 1 aliphatic heterocycles. The highest BCUT2D eigenvalue weighted by Gasteiger charge is 2.34. The topological polar surface area (TPSA) is 274 Å². The predicted molar refractivity (Wildman–Crippen MR) is 162 cm³/mol. The number of hydrogen-bond donors (Lipinski definition) is 5. The molecule has 0 fully saturated rings. The molecule has 1 aliphatic rings. The Labute approximate surface area is 280 Å². The molecule has 2 atom stereocenters. The molecule has 0 bridgehead atoms. The number of nitrogens with zero attached hydrogens (tertiary/aromatic N) is 4. The Kier molecular flexibility index (Phi) is 10.6. The number of ether oxygens (including phenoxy) is 2.